The zero-order valence-electron chi connectivity index (χ0n) is 58.3. The van der Waals surface area contributed by atoms with E-state index in [-0.39, 0.29) is 10.8 Å². The molecule has 0 saturated heterocycles. The maximum absolute atomic E-state index is 7.07. The summed E-state index contributed by atoms with van der Waals surface area (Å²) in [6, 6.07) is 108. The van der Waals surface area contributed by atoms with Crippen molar-refractivity contribution >= 4 is 152 Å². The molecule has 0 spiro atoms. The van der Waals surface area contributed by atoms with Crippen molar-refractivity contribution in [2.75, 3.05) is 0 Å². The maximum Gasteiger partial charge on any atom is 0.143 e. The second-order valence-electron chi connectivity index (χ2n) is 31.0. The number of hydrogen-bond donors (Lipinski definition) is 0. The van der Waals surface area contributed by atoms with Gasteiger partial charge in [0.1, 0.15) is 44.7 Å². The van der Waals surface area contributed by atoms with E-state index in [1.165, 1.54) is 98.0 Å². The normalized spacial score (nSPS) is 12.7. The van der Waals surface area contributed by atoms with E-state index in [1.807, 2.05) is 12.1 Å². The molecule has 0 aliphatic heterocycles. The van der Waals surface area contributed by atoms with Gasteiger partial charge in [0.05, 0.1) is 0 Å². The Bertz CT molecular complexity index is 7360. The first-order valence-electron chi connectivity index (χ1n) is 36.2. The van der Waals surface area contributed by atoms with Gasteiger partial charge in [0.25, 0.3) is 0 Å². The van der Waals surface area contributed by atoms with Crippen LogP contribution in [0.2, 0.25) is 0 Å². The largest absolute Gasteiger partial charge is 0.456 e. The first-order chi connectivity index (χ1) is 50.8. The lowest BCUT2D eigenvalue weighted by molar-refractivity contribution is 0.591. The third-order valence-corrected chi connectivity index (χ3v) is 22.9. The molecule has 0 amide bonds. The quantitative estimate of drug-likeness (QED) is 0.149. The van der Waals surface area contributed by atoms with Gasteiger partial charge in [-0.25, -0.2) is 0 Å². The van der Waals surface area contributed by atoms with Crippen molar-refractivity contribution in [2.45, 2.75) is 52.4 Å². The molecular formula is C100H66O4. The molecule has 0 aliphatic carbocycles. The van der Waals surface area contributed by atoms with Crippen molar-refractivity contribution in [3.8, 4) is 77.9 Å². The van der Waals surface area contributed by atoms with Crippen LogP contribution < -0.4 is 0 Å². The first-order valence-corrected chi connectivity index (χ1v) is 36.2. The highest BCUT2D eigenvalue weighted by molar-refractivity contribution is 6.31. The third kappa shape index (κ3) is 8.72. The van der Waals surface area contributed by atoms with Crippen LogP contribution in [-0.4, -0.2) is 0 Å². The predicted octanol–water partition coefficient (Wildman–Crippen LogP) is 29.3. The Labute approximate surface area is 598 Å². The molecule has 490 valence electrons. The van der Waals surface area contributed by atoms with Crippen LogP contribution >= 0.6 is 0 Å². The zero-order valence-corrected chi connectivity index (χ0v) is 58.3. The van der Waals surface area contributed by atoms with E-state index in [0.29, 0.717) is 0 Å². The zero-order chi connectivity index (χ0) is 69.2. The lowest BCUT2D eigenvalue weighted by Crippen LogP contribution is -2.10. The van der Waals surface area contributed by atoms with Crippen molar-refractivity contribution in [2.24, 2.45) is 0 Å². The average molecular weight is 1330 g/mol. The van der Waals surface area contributed by atoms with Gasteiger partial charge < -0.3 is 17.7 Å². The van der Waals surface area contributed by atoms with E-state index < -0.39 is 0 Å². The van der Waals surface area contributed by atoms with Crippen LogP contribution in [0.1, 0.15) is 52.7 Å². The Kier molecular flexibility index (Phi) is 12.1. The Morgan fingerprint density at radius 2 is 0.481 bits per heavy atom. The lowest BCUT2D eigenvalue weighted by Gasteiger charge is -2.23. The van der Waals surface area contributed by atoms with E-state index in [4.69, 9.17) is 17.7 Å². The Morgan fingerprint density at radius 1 is 0.183 bits per heavy atom. The van der Waals surface area contributed by atoms with E-state index in [1.54, 1.807) is 0 Å². The number of hydrogen-bond acceptors (Lipinski definition) is 4. The molecule has 4 heterocycles. The SMILES string of the molecule is CC(C)(C)c1cc2ccc3c(-c4ccc(-c5cccc6c5oc5cc(-c7cccc8c7oc7ccc(-c9cc(-c%10ccc(-c%11cccc%12c%11oc%11ccccc%11%12)cc%10)c%10ccc%11cc(C(C)(C)C)cc%12ccc9c%10c%11%12)cc78)ccc56)cc4)cc(-c4ccc5c(c4)oc4ccccc45)c4ccc(c1)c2c34. The molecule has 0 bridgehead atoms. The van der Waals surface area contributed by atoms with Gasteiger partial charge in [-0.2, -0.15) is 0 Å². The second-order valence-corrected chi connectivity index (χ2v) is 31.0. The summed E-state index contributed by atoms with van der Waals surface area (Å²) in [5.74, 6) is 0. The summed E-state index contributed by atoms with van der Waals surface area (Å²) < 4.78 is 27.1. The molecule has 4 heteroatoms. The van der Waals surface area contributed by atoms with Crippen molar-refractivity contribution in [1.29, 1.82) is 0 Å². The van der Waals surface area contributed by atoms with Gasteiger partial charge in [-0.1, -0.05) is 272 Å². The predicted molar refractivity (Wildman–Crippen MR) is 438 cm³/mol. The fraction of sp³-hybridized carbons (Fsp3) is 0.0800. The number of benzene rings is 18. The minimum atomic E-state index is -0.00428. The molecule has 104 heavy (non-hydrogen) atoms. The van der Waals surface area contributed by atoms with E-state index in [2.05, 4.69) is 321 Å². The standard InChI is InChI=1S/C100H66O4/c1-99(2,3)66-46-62-34-41-75-82(57-28-24-55(25-29-57)68-16-11-19-79-72-15-8-10-23-88(72)102-96(68)79)53-84(77-43-36-64(48-66)92(62)94(75)77)59-38-45-89-86(50-59)81-21-13-18-70(98(81)103-89)60-32-40-74-80-20-12-17-69(97(80)104-91(74)51-60)56-26-30-58(31-27-56)83-54-85(61-33-39-73-71-14-7-9-22-87(71)101-90(73)52-61)78-44-37-65-49-67(100(4,5)6)47-63-35-42-76(83)95(78)93(63)65/h7-54H,1-6H3. The number of fused-ring (bicyclic) bond motifs is 12. The molecule has 0 saturated carbocycles. The fourth-order valence-corrected chi connectivity index (χ4v) is 17.6. The summed E-state index contributed by atoms with van der Waals surface area (Å²) in [7, 11) is 0. The van der Waals surface area contributed by atoms with Gasteiger partial charge >= 0.3 is 0 Å². The molecule has 0 aliphatic rings. The van der Waals surface area contributed by atoms with Crippen molar-refractivity contribution < 1.29 is 17.7 Å². The van der Waals surface area contributed by atoms with Crippen LogP contribution in [0.15, 0.2) is 309 Å². The summed E-state index contributed by atoms with van der Waals surface area (Å²) in [6.45, 7) is 13.8. The van der Waals surface area contributed by atoms with Gasteiger partial charge in [0.15, 0.2) is 0 Å². The highest BCUT2D eigenvalue weighted by Crippen LogP contribution is 2.51. The highest BCUT2D eigenvalue weighted by Gasteiger charge is 2.26. The molecule has 0 fully saturated rings. The summed E-state index contributed by atoms with van der Waals surface area (Å²) in [4.78, 5) is 0. The fourth-order valence-electron chi connectivity index (χ4n) is 17.6. The minimum Gasteiger partial charge on any atom is -0.456 e. The average Bonchev–Trinajstić information content (AvgIpc) is 0.805. The number of para-hydroxylation sites is 5. The maximum atomic E-state index is 7.07. The number of furan rings is 4. The van der Waals surface area contributed by atoms with Gasteiger partial charge in [0, 0.05) is 59.8 Å². The van der Waals surface area contributed by atoms with Gasteiger partial charge in [-0.05, 0) is 208 Å². The first kappa shape index (κ1) is 59.0. The molecule has 0 unspecified atom stereocenters. The van der Waals surface area contributed by atoms with Crippen LogP contribution in [0.4, 0.5) is 0 Å². The monoisotopic (exact) mass is 1330 g/mol. The third-order valence-electron chi connectivity index (χ3n) is 22.9. The molecule has 22 aromatic rings. The Hall–Kier alpha value is -12.8. The van der Waals surface area contributed by atoms with E-state index in [9.17, 15) is 0 Å². The van der Waals surface area contributed by atoms with Crippen LogP contribution in [0, 0.1) is 0 Å². The smallest absolute Gasteiger partial charge is 0.143 e. The van der Waals surface area contributed by atoms with E-state index >= 15 is 0 Å². The molecule has 0 N–H and O–H groups in total. The van der Waals surface area contributed by atoms with Crippen molar-refractivity contribution in [3.63, 3.8) is 0 Å². The second kappa shape index (κ2) is 21.4. The minimum absolute atomic E-state index is 0.00428. The van der Waals surface area contributed by atoms with Gasteiger partial charge in [-0.3, -0.25) is 0 Å². The summed E-state index contributed by atoms with van der Waals surface area (Å²) in [5, 5.41) is 23.9. The van der Waals surface area contributed by atoms with Crippen LogP contribution in [0.5, 0.6) is 0 Å². The number of rotatable bonds is 7. The molecule has 4 nitrogen and oxygen atoms in total. The topological polar surface area (TPSA) is 52.6 Å². The molecule has 4 aromatic heterocycles. The summed E-state index contributed by atoms with van der Waals surface area (Å²) in [6.07, 6.45) is 0. The van der Waals surface area contributed by atoms with Crippen LogP contribution in [-0.2, 0) is 10.8 Å². The molecule has 18 aromatic carbocycles. The molecule has 0 radical (unpaired) electrons. The van der Waals surface area contributed by atoms with Gasteiger partial charge in [0.2, 0.25) is 0 Å². The van der Waals surface area contributed by atoms with Gasteiger partial charge in [-0.15, -0.1) is 0 Å². The Morgan fingerprint density at radius 3 is 0.942 bits per heavy atom. The molecule has 22 rings (SSSR count). The highest BCUT2D eigenvalue weighted by atomic mass is 16.3. The van der Waals surface area contributed by atoms with Crippen LogP contribution in [0.3, 0.4) is 0 Å². The summed E-state index contributed by atoms with van der Waals surface area (Å²) >= 11 is 0. The van der Waals surface area contributed by atoms with Crippen LogP contribution in [0.25, 0.3) is 230 Å². The van der Waals surface area contributed by atoms with Crippen molar-refractivity contribution in [3.05, 3.63) is 302 Å². The summed E-state index contributed by atoms with van der Waals surface area (Å²) in [5.41, 5.74) is 25.3. The Balaban J connectivity index is 0.633. The lowest BCUT2D eigenvalue weighted by atomic mass is 9.81. The molecular weight excluding hydrogens is 1270 g/mol. The van der Waals surface area contributed by atoms with Crippen molar-refractivity contribution in [1.82, 2.24) is 0 Å². The molecule has 0 atom stereocenters. The van der Waals surface area contributed by atoms with E-state index in [0.717, 1.165) is 143 Å².